The van der Waals surface area contributed by atoms with Gasteiger partial charge in [-0.3, -0.25) is 9.59 Å². The second-order valence-electron chi connectivity index (χ2n) is 18.6. The van der Waals surface area contributed by atoms with E-state index in [1.165, 1.54) is 199 Å². The van der Waals surface area contributed by atoms with E-state index in [9.17, 15) is 19.8 Å². The van der Waals surface area contributed by atoms with Gasteiger partial charge in [-0.1, -0.05) is 244 Å². The van der Waals surface area contributed by atoms with Gasteiger partial charge >= 0.3 is 5.97 Å². The van der Waals surface area contributed by atoms with E-state index < -0.39 is 12.1 Å². The molecular formula is C55H105NO5. The van der Waals surface area contributed by atoms with Crippen LogP contribution < -0.4 is 5.32 Å². The van der Waals surface area contributed by atoms with Crippen LogP contribution >= 0.6 is 0 Å². The number of esters is 1. The molecule has 0 aliphatic rings. The SMILES string of the molecule is CCCCCC/C=C\C/C=C\CCCCCCCCCC(=O)OCCCCCCCCCCCCCCCCCC(=O)NC(CO)C(O)CCCCCCCCCCCCC. The topological polar surface area (TPSA) is 95.9 Å². The number of rotatable bonds is 50. The highest BCUT2D eigenvalue weighted by molar-refractivity contribution is 5.76. The number of aliphatic hydroxyl groups is 2. The van der Waals surface area contributed by atoms with Gasteiger partial charge in [0.05, 0.1) is 25.4 Å². The van der Waals surface area contributed by atoms with Crippen molar-refractivity contribution in [3.05, 3.63) is 24.3 Å². The highest BCUT2D eigenvalue weighted by Gasteiger charge is 2.20. The lowest BCUT2D eigenvalue weighted by Crippen LogP contribution is -2.45. The lowest BCUT2D eigenvalue weighted by Gasteiger charge is -2.22. The summed E-state index contributed by atoms with van der Waals surface area (Å²) in [5.41, 5.74) is 0. The van der Waals surface area contributed by atoms with E-state index in [0.717, 1.165) is 57.8 Å². The van der Waals surface area contributed by atoms with Crippen LogP contribution in [0.15, 0.2) is 24.3 Å². The molecule has 0 aliphatic heterocycles. The normalized spacial score (nSPS) is 12.8. The average molecular weight is 860 g/mol. The molecule has 0 radical (unpaired) electrons. The number of hydrogen-bond acceptors (Lipinski definition) is 5. The molecule has 360 valence electrons. The maximum absolute atomic E-state index is 12.4. The number of carbonyl (C=O) groups is 2. The molecule has 1 amide bonds. The molecule has 2 atom stereocenters. The predicted octanol–water partition coefficient (Wildman–Crippen LogP) is 16.3. The number of allylic oxidation sites excluding steroid dienone is 4. The molecule has 0 heterocycles. The van der Waals surface area contributed by atoms with E-state index in [1.807, 2.05) is 0 Å². The molecule has 0 aromatic carbocycles. The number of aliphatic hydroxyl groups excluding tert-OH is 2. The van der Waals surface area contributed by atoms with Gasteiger partial charge in [-0.05, 0) is 57.8 Å². The van der Waals surface area contributed by atoms with Gasteiger partial charge in [-0.25, -0.2) is 0 Å². The number of ether oxygens (including phenoxy) is 1. The van der Waals surface area contributed by atoms with Crippen molar-refractivity contribution in [3.63, 3.8) is 0 Å². The van der Waals surface area contributed by atoms with E-state index in [4.69, 9.17) is 4.74 Å². The molecule has 6 nitrogen and oxygen atoms in total. The Morgan fingerprint density at radius 1 is 0.459 bits per heavy atom. The molecular weight excluding hydrogens is 755 g/mol. The standard InChI is InChI=1S/C55H105NO5/c1-3-5-7-9-11-13-15-16-17-18-19-22-25-29-33-37-41-45-49-55(60)61-50-46-42-38-34-30-26-23-20-21-24-28-32-36-40-44-48-54(59)56-52(51-57)53(58)47-43-39-35-31-27-14-12-10-8-6-4-2/h13,15,17-18,52-53,57-58H,3-12,14,16,19-51H2,1-2H3,(H,56,59)/b15-13-,18-17-. The van der Waals surface area contributed by atoms with Crippen molar-refractivity contribution in [1.82, 2.24) is 5.32 Å². The summed E-state index contributed by atoms with van der Waals surface area (Å²) in [4.78, 5) is 24.5. The Hall–Kier alpha value is -1.66. The Labute approximate surface area is 380 Å². The van der Waals surface area contributed by atoms with Crippen molar-refractivity contribution >= 4 is 11.9 Å². The number of carbonyl (C=O) groups excluding carboxylic acids is 2. The molecule has 0 rings (SSSR count). The van der Waals surface area contributed by atoms with Crippen molar-refractivity contribution < 1.29 is 24.5 Å². The second kappa shape index (κ2) is 51.0. The maximum Gasteiger partial charge on any atom is 0.305 e. The lowest BCUT2D eigenvalue weighted by atomic mass is 10.0. The molecule has 0 aromatic heterocycles. The number of nitrogens with one attached hydrogen (secondary N) is 1. The third-order valence-corrected chi connectivity index (χ3v) is 12.5. The zero-order valence-corrected chi connectivity index (χ0v) is 40.9. The monoisotopic (exact) mass is 860 g/mol. The summed E-state index contributed by atoms with van der Waals surface area (Å²) >= 11 is 0. The first-order valence-corrected chi connectivity index (χ1v) is 27.1. The summed E-state index contributed by atoms with van der Waals surface area (Å²) in [7, 11) is 0. The smallest absolute Gasteiger partial charge is 0.305 e. The van der Waals surface area contributed by atoms with Gasteiger partial charge in [-0.2, -0.15) is 0 Å². The van der Waals surface area contributed by atoms with Gasteiger partial charge in [0.2, 0.25) is 5.91 Å². The van der Waals surface area contributed by atoms with Crippen LogP contribution in [0.5, 0.6) is 0 Å². The first kappa shape index (κ1) is 59.3. The van der Waals surface area contributed by atoms with Gasteiger partial charge < -0.3 is 20.3 Å². The largest absolute Gasteiger partial charge is 0.466 e. The van der Waals surface area contributed by atoms with E-state index in [2.05, 4.69) is 43.5 Å². The van der Waals surface area contributed by atoms with Crippen LogP contribution in [-0.2, 0) is 14.3 Å². The maximum atomic E-state index is 12.4. The van der Waals surface area contributed by atoms with E-state index in [1.54, 1.807) is 0 Å². The highest BCUT2D eigenvalue weighted by atomic mass is 16.5. The summed E-state index contributed by atoms with van der Waals surface area (Å²) in [6.07, 6.45) is 60.1. The minimum Gasteiger partial charge on any atom is -0.466 e. The fourth-order valence-corrected chi connectivity index (χ4v) is 8.32. The Morgan fingerprint density at radius 3 is 1.26 bits per heavy atom. The van der Waals surface area contributed by atoms with Crippen LogP contribution in [0.4, 0.5) is 0 Å². The molecule has 0 bridgehead atoms. The Morgan fingerprint density at radius 2 is 0.820 bits per heavy atom. The third-order valence-electron chi connectivity index (χ3n) is 12.5. The van der Waals surface area contributed by atoms with Crippen molar-refractivity contribution in [2.24, 2.45) is 0 Å². The molecule has 0 aliphatic carbocycles. The van der Waals surface area contributed by atoms with Gasteiger partial charge in [0, 0.05) is 12.8 Å². The van der Waals surface area contributed by atoms with Crippen LogP contribution in [0.25, 0.3) is 0 Å². The summed E-state index contributed by atoms with van der Waals surface area (Å²) in [6, 6.07) is -0.547. The Bertz CT molecular complexity index is 951. The second-order valence-corrected chi connectivity index (χ2v) is 18.6. The first-order chi connectivity index (χ1) is 30.0. The molecule has 0 spiro atoms. The third kappa shape index (κ3) is 47.7. The zero-order chi connectivity index (χ0) is 44.4. The molecule has 0 saturated heterocycles. The van der Waals surface area contributed by atoms with Gasteiger partial charge in [0.1, 0.15) is 0 Å². The van der Waals surface area contributed by atoms with Crippen molar-refractivity contribution in [1.29, 1.82) is 0 Å². The summed E-state index contributed by atoms with van der Waals surface area (Å²) in [5, 5.41) is 23.1. The Kier molecular flexibility index (Phi) is 49.6. The molecule has 2 unspecified atom stereocenters. The van der Waals surface area contributed by atoms with Crippen molar-refractivity contribution in [2.45, 2.75) is 302 Å². The van der Waals surface area contributed by atoms with Crippen LogP contribution in [-0.4, -0.2) is 47.4 Å². The highest BCUT2D eigenvalue weighted by Crippen LogP contribution is 2.16. The van der Waals surface area contributed by atoms with Crippen molar-refractivity contribution in [2.75, 3.05) is 13.2 Å². The number of hydrogen-bond donors (Lipinski definition) is 3. The number of unbranched alkanes of at least 4 members (excludes halogenated alkanes) is 35. The molecule has 3 N–H and O–H groups in total. The van der Waals surface area contributed by atoms with Gasteiger partial charge in [-0.15, -0.1) is 0 Å². The Balaban J connectivity index is 3.41. The van der Waals surface area contributed by atoms with Gasteiger partial charge in [0.15, 0.2) is 0 Å². The van der Waals surface area contributed by atoms with E-state index in [-0.39, 0.29) is 18.5 Å². The minimum atomic E-state index is -0.668. The lowest BCUT2D eigenvalue weighted by molar-refractivity contribution is -0.143. The van der Waals surface area contributed by atoms with Crippen LogP contribution in [0, 0.1) is 0 Å². The van der Waals surface area contributed by atoms with Crippen molar-refractivity contribution in [3.8, 4) is 0 Å². The summed E-state index contributed by atoms with van der Waals surface area (Å²) in [6.45, 7) is 4.91. The molecule has 6 heteroatoms. The molecule has 61 heavy (non-hydrogen) atoms. The molecule has 0 fully saturated rings. The van der Waals surface area contributed by atoms with Gasteiger partial charge in [0.25, 0.3) is 0 Å². The summed E-state index contributed by atoms with van der Waals surface area (Å²) < 4.78 is 5.48. The van der Waals surface area contributed by atoms with E-state index in [0.29, 0.717) is 25.9 Å². The molecule has 0 aromatic rings. The fraction of sp³-hybridized carbons (Fsp3) is 0.891. The van der Waals surface area contributed by atoms with Crippen LogP contribution in [0.2, 0.25) is 0 Å². The quantitative estimate of drug-likeness (QED) is 0.0322. The fourth-order valence-electron chi connectivity index (χ4n) is 8.32. The van der Waals surface area contributed by atoms with E-state index >= 15 is 0 Å². The minimum absolute atomic E-state index is 0.00675. The predicted molar refractivity (Wildman–Crippen MR) is 264 cm³/mol. The van der Waals surface area contributed by atoms with Crippen LogP contribution in [0.3, 0.4) is 0 Å². The summed E-state index contributed by atoms with van der Waals surface area (Å²) in [5.74, 6) is -0.0515. The first-order valence-electron chi connectivity index (χ1n) is 27.1. The number of amides is 1. The van der Waals surface area contributed by atoms with Crippen LogP contribution in [0.1, 0.15) is 290 Å². The molecule has 0 saturated carbocycles. The zero-order valence-electron chi connectivity index (χ0n) is 40.9. The average Bonchev–Trinajstić information content (AvgIpc) is 3.26.